The van der Waals surface area contributed by atoms with Gasteiger partial charge in [-0.1, -0.05) is 0 Å². The Kier molecular flexibility index (Phi) is 3.45. The summed E-state index contributed by atoms with van der Waals surface area (Å²) in [6.07, 6.45) is 2.78. The Morgan fingerprint density at radius 1 is 1.30 bits per heavy atom. The summed E-state index contributed by atoms with van der Waals surface area (Å²) in [4.78, 5) is 27.1. The molecule has 1 aromatic rings. The second-order valence-corrected chi connectivity index (χ2v) is 6.40. The highest BCUT2D eigenvalue weighted by Crippen LogP contribution is 2.37. The standard InChI is InChI=1S/C13H16N2O4S/c16-12(17)9-3-1-2-8-10(13(18)19)14-11(15(8)9)7-4-5-20-6-7/h7,9H,1-6H2,(H,16,17)(H,18,19). The summed E-state index contributed by atoms with van der Waals surface area (Å²) < 4.78 is 1.70. The van der Waals surface area contributed by atoms with Crippen molar-refractivity contribution in [3.8, 4) is 0 Å². The molecule has 0 bridgehead atoms. The number of carboxylic acids is 2. The largest absolute Gasteiger partial charge is 0.480 e. The van der Waals surface area contributed by atoms with Crippen LogP contribution in [0, 0.1) is 0 Å². The maximum Gasteiger partial charge on any atom is 0.356 e. The van der Waals surface area contributed by atoms with E-state index >= 15 is 0 Å². The molecule has 2 atom stereocenters. The molecule has 1 fully saturated rings. The van der Waals surface area contributed by atoms with E-state index in [1.807, 2.05) is 0 Å². The first-order valence-corrected chi connectivity index (χ1v) is 7.90. The van der Waals surface area contributed by atoms with Crippen LogP contribution < -0.4 is 0 Å². The summed E-state index contributed by atoms with van der Waals surface area (Å²) >= 11 is 1.81. The fourth-order valence-corrected chi connectivity index (χ4v) is 4.31. The highest BCUT2D eigenvalue weighted by molar-refractivity contribution is 7.99. The summed E-state index contributed by atoms with van der Waals surface area (Å²) in [6.45, 7) is 0. The third kappa shape index (κ3) is 2.09. The van der Waals surface area contributed by atoms with Gasteiger partial charge < -0.3 is 14.8 Å². The summed E-state index contributed by atoms with van der Waals surface area (Å²) in [5, 5.41) is 18.7. The molecular weight excluding hydrogens is 280 g/mol. The zero-order valence-corrected chi connectivity index (χ0v) is 11.7. The Morgan fingerprint density at radius 2 is 2.10 bits per heavy atom. The lowest BCUT2D eigenvalue weighted by molar-refractivity contribution is -0.141. The number of aromatic nitrogens is 2. The van der Waals surface area contributed by atoms with Crippen molar-refractivity contribution in [3.63, 3.8) is 0 Å². The minimum Gasteiger partial charge on any atom is -0.480 e. The number of thioether (sulfide) groups is 1. The van der Waals surface area contributed by atoms with Crippen molar-refractivity contribution in [1.82, 2.24) is 9.55 Å². The van der Waals surface area contributed by atoms with E-state index in [9.17, 15) is 19.8 Å². The number of carbonyl (C=O) groups is 2. The van der Waals surface area contributed by atoms with Gasteiger partial charge in [-0.2, -0.15) is 11.8 Å². The van der Waals surface area contributed by atoms with Crippen molar-refractivity contribution >= 4 is 23.7 Å². The summed E-state index contributed by atoms with van der Waals surface area (Å²) in [5.41, 5.74) is 0.630. The molecule has 1 aromatic heterocycles. The Morgan fingerprint density at radius 3 is 2.70 bits per heavy atom. The number of hydrogen-bond donors (Lipinski definition) is 2. The van der Waals surface area contributed by atoms with Gasteiger partial charge in [0.1, 0.15) is 11.9 Å². The van der Waals surface area contributed by atoms with Crippen LogP contribution in [-0.2, 0) is 11.2 Å². The number of nitrogens with zero attached hydrogens (tertiary/aromatic N) is 2. The van der Waals surface area contributed by atoms with E-state index in [0.717, 1.165) is 17.9 Å². The molecule has 0 aromatic carbocycles. The molecule has 3 rings (SSSR count). The molecule has 0 radical (unpaired) electrons. The van der Waals surface area contributed by atoms with Crippen LogP contribution in [0.2, 0.25) is 0 Å². The van der Waals surface area contributed by atoms with Gasteiger partial charge in [0, 0.05) is 11.7 Å². The fourth-order valence-electron chi connectivity index (χ4n) is 3.10. The van der Waals surface area contributed by atoms with Crippen LogP contribution in [0.3, 0.4) is 0 Å². The highest BCUT2D eigenvalue weighted by Gasteiger charge is 2.36. The molecule has 2 aliphatic heterocycles. The molecule has 108 valence electrons. The lowest BCUT2D eigenvalue weighted by Crippen LogP contribution is -2.27. The minimum atomic E-state index is -1.06. The molecule has 0 aliphatic carbocycles. The van der Waals surface area contributed by atoms with Crippen molar-refractivity contribution in [2.24, 2.45) is 0 Å². The third-order valence-electron chi connectivity index (χ3n) is 4.02. The second kappa shape index (κ2) is 5.12. The predicted octanol–water partition coefficient (Wildman–Crippen LogP) is 1.76. The van der Waals surface area contributed by atoms with E-state index in [2.05, 4.69) is 4.98 Å². The van der Waals surface area contributed by atoms with Gasteiger partial charge in [-0.15, -0.1) is 0 Å². The van der Waals surface area contributed by atoms with Crippen LogP contribution in [0.15, 0.2) is 0 Å². The Bertz CT molecular complexity index is 563. The lowest BCUT2D eigenvalue weighted by atomic mass is 10.00. The van der Waals surface area contributed by atoms with Crippen molar-refractivity contribution < 1.29 is 19.8 Å². The van der Waals surface area contributed by atoms with Crippen LogP contribution in [0.25, 0.3) is 0 Å². The van der Waals surface area contributed by atoms with Crippen molar-refractivity contribution in [1.29, 1.82) is 0 Å². The molecule has 2 N–H and O–H groups in total. The molecule has 6 nitrogen and oxygen atoms in total. The third-order valence-corrected chi connectivity index (χ3v) is 5.19. The molecular formula is C13H16N2O4S. The predicted molar refractivity (Wildman–Crippen MR) is 73.5 cm³/mol. The molecule has 7 heteroatoms. The molecule has 1 saturated heterocycles. The first kappa shape index (κ1) is 13.5. The van der Waals surface area contributed by atoms with Crippen molar-refractivity contribution in [2.75, 3.05) is 11.5 Å². The van der Waals surface area contributed by atoms with E-state index in [1.54, 1.807) is 16.3 Å². The summed E-state index contributed by atoms with van der Waals surface area (Å²) in [6, 6.07) is -0.667. The number of carboxylic acid groups (broad SMARTS) is 2. The monoisotopic (exact) mass is 296 g/mol. The van der Waals surface area contributed by atoms with Crippen LogP contribution in [-0.4, -0.2) is 43.2 Å². The summed E-state index contributed by atoms with van der Waals surface area (Å²) in [7, 11) is 0. The number of hydrogen-bond acceptors (Lipinski definition) is 4. The van der Waals surface area contributed by atoms with E-state index in [1.165, 1.54) is 0 Å². The fraction of sp³-hybridized carbons (Fsp3) is 0.615. The average molecular weight is 296 g/mol. The van der Waals surface area contributed by atoms with Gasteiger partial charge >= 0.3 is 11.9 Å². The number of aliphatic carboxylic acids is 1. The summed E-state index contributed by atoms with van der Waals surface area (Å²) in [5.74, 6) is 0.791. The van der Waals surface area contributed by atoms with E-state index < -0.39 is 18.0 Å². The molecule has 2 aliphatic rings. The maximum atomic E-state index is 11.5. The molecule has 0 amide bonds. The SMILES string of the molecule is O=C(O)c1nc(C2CCSC2)n2c1CCCC2C(=O)O. The number of imidazole rings is 1. The minimum absolute atomic E-state index is 0.0443. The van der Waals surface area contributed by atoms with Crippen LogP contribution in [0.1, 0.15) is 53.2 Å². The highest BCUT2D eigenvalue weighted by atomic mass is 32.2. The second-order valence-electron chi connectivity index (χ2n) is 5.25. The van der Waals surface area contributed by atoms with E-state index in [0.29, 0.717) is 30.8 Å². The van der Waals surface area contributed by atoms with Crippen molar-refractivity contribution in [2.45, 2.75) is 37.6 Å². The first-order chi connectivity index (χ1) is 9.59. The van der Waals surface area contributed by atoms with Gasteiger partial charge in [-0.05, 0) is 31.4 Å². The Balaban J connectivity index is 2.13. The van der Waals surface area contributed by atoms with E-state index in [-0.39, 0.29) is 11.6 Å². The number of fused-ring (bicyclic) bond motifs is 1. The molecule has 0 spiro atoms. The normalized spacial score (nSPS) is 25.4. The lowest BCUT2D eigenvalue weighted by Gasteiger charge is -2.25. The smallest absolute Gasteiger partial charge is 0.356 e. The maximum absolute atomic E-state index is 11.5. The zero-order chi connectivity index (χ0) is 14.3. The Hall–Kier alpha value is -1.50. The van der Waals surface area contributed by atoms with Gasteiger partial charge in [0.25, 0.3) is 0 Å². The quantitative estimate of drug-likeness (QED) is 0.883. The van der Waals surface area contributed by atoms with Gasteiger partial charge in [0.15, 0.2) is 5.69 Å². The van der Waals surface area contributed by atoms with Gasteiger partial charge in [0.2, 0.25) is 0 Å². The van der Waals surface area contributed by atoms with Gasteiger partial charge in [0.05, 0.1) is 5.69 Å². The van der Waals surface area contributed by atoms with E-state index in [4.69, 9.17) is 0 Å². The number of rotatable bonds is 3. The van der Waals surface area contributed by atoms with Gasteiger partial charge in [-0.3, -0.25) is 0 Å². The zero-order valence-electron chi connectivity index (χ0n) is 10.9. The first-order valence-electron chi connectivity index (χ1n) is 6.74. The van der Waals surface area contributed by atoms with Crippen LogP contribution in [0.4, 0.5) is 0 Å². The molecule has 2 unspecified atom stereocenters. The molecule has 3 heterocycles. The Labute approximate surface area is 120 Å². The average Bonchev–Trinajstić information content (AvgIpc) is 3.04. The number of aromatic carboxylic acids is 1. The molecule has 20 heavy (non-hydrogen) atoms. The topological polar surface area (TPSA) is 92.4 Å². The molecule has 0 saturated carbocycles. The van der Waals surface area contributed by atoms with Gasteiger partial charge in [-0.25, -0.2) is 14.6 Å². The van der Waals surface area contributed by atoms with Crippen molar-refractivity contribution in [3.05, 3.63) is 17.2 Å². The van der Waals surface area contributed by atoms with Crippen LogP contribution in [0.5, 0.6) is 0 Å². The van der Waals surface area contributed by atoms with Crippen LogP contribution >= 0.6 is 11.8 Å².